The Bertz CT molecular complexity index is 259. The third kappa shape index (κ3) is 5.29. The van der Waals surface area contributed by atoms with Gasteiger partial charge in [0.1, 0.15) is 0 Å². The fourth-order valence-electron chi connectivity index (χ4n) is 1.83. The van der Waals surface area contributed by atoms with Gasteiger partial charge in [-0.05, 0) is 24.9 Å². The molecule has 16 heavy (non-hydrogen) atoms. The van der Waals surface area contributed by atoms with Crippen LogP contribution in [0.25, 0.3) is 0 Å². The Morgan fingerprint density at radius 3 is 2.44 bits per heavy atom. The molecule has 0 atom stereocenters. The van der Waals surface area contributed by atoms with Crippen molar-refractivity contribution in [1.29, 1.82) is 0 Å². The molecule has 0 fully saturated rings. The van der Waals surface area contributed by atoms with Crippen LogP contribution in [0.5, 0.6) is 0 Å². The van der Waals surface area contributed by atoms with Gasteiger partial charge in [-0.1, -0.05) is 43.7 Å². The summed E-state index contributed by atoms with van der Waals surface area (Å²) in [6.07, 6.45) is 3.66. The molecule has 0 saturated carbocycles. The molecular formula is C14H24N2. The number of nitrogens with zero attached hydrogens (tertiary/aromatic N) is 1. The van der Waals surface area contributed by atoms with Gasteiger partial charge in [-0.15, -0.1) is 0 Å². The number of benzene rings is 1. The average Bonchev–Trinajstić information content (AvgIpc) is 2.34. The van der Waals surface area contributed by atoms with Gasteiger partial charge in [0, 0.05) is 19.6 Å². The Kier molecular flexibility index (Phi) is 6.86. The van der Waals surface area contributed by atoms with E-state index in [2.05, 4.69) is 42.2 Å². The molecule has 0 amide bonds. The molecular weight excluding hydrogens is 196 g/mol. The molecule has 2 N–H and O–H groups in total. The second-order valence-electron chi connectivity index (χ2n) is 4.22. The first-order valence-electron chi connectivity index (χ1n) is 6.33. The lowest BCUT2D eigenvalue weighted by Gasteiger charge is -2.21. The zero-order valence-corrected chi connectivity index (χ0v) is 10.4. The normalized spacial score (nSPS) is 10.9. The van der Waals surface area contributed by atoms with Crippen LogP contribution in [0.3, 0.4) is 0 Å². The third-order valence-corrected chi connectivity index (χ3v) is 2.83. The highest BCUT2D eigenvalue weighted by Gasteiger charge is 2.03. The Morgan fingerprint density at radius 2 is 1.81 bits per heavy atom. The highest BCUT2D eigenvalue weighted by Crippen LogP contribution is 2.02. The first-order chi connectivity index (χ1) is 7.86. The summed E-state index contributed by atoms with van der Waals surface area (Å²) < 4.78 is 0. The summed E-state index contributed by atoms with van der Waals surface area (Å²) in [7, 11) is 0. The molecule has 0 bridgehead atoms. The van der Waals surface area contributed by atoms with E-state index in [0.29, 0.717) is 0 Å². The van der Waals surface area contributed by atoms with Gasteiger partial charge in [0.05, 0.1) is 0 Å². The van der Waals surface area contributed by atoms with Gasteiger partial charge in [0.15, 0.2) is 0 Å². The second-order valence-corrected chi connectivity index (χ2v) is 4.22. The van der Waals surface area contributed by atoms with Crippen LogP contribution in [0.15, 0.2) is 30.3 Å². The standard InChI is InChI=1S/C14H24N2/c1-2-3-11-16(13-10-15)12-9-14-7-5-4-6-8-14/h4-8H,2-3,9-13,15H2,1H3. The van der Waals surface area contributed by atoms with Crippen LogP contribution >= 0.6 is 0 Å². The molecule has 90 valence electrons. The van der Waals surface area contributed by atoms with Crippen LogP contribution < -0.4 is 5.73 Å². The largest absolute Gasteiger partial charge is 0.329 e. The van der Waals surface area contributed by atoms with E-state index in [1.165, 1.54) is 24.9 Å². The van der Waals surface area contributed by atoms with Crippen LogP contribution in [0, 0.1) is 0 Å². The smallest absolute Gasteiger partial charge is 0.0105 e. The van der Waals surface area contributed by atoms with Crippen molar-refractivity contribution < 1.29 is 0 Å². The SMILES string of the molecule is CCCCN(CCN)CCc1ccccc1. The van der Waals surface area contributed by atoms with Gasteiger partial charge in [-0.3, -0.25) is 0 Å². The van der Waals surface area contributed by atoms with Crippen LogP contribution in [-0.4, -0.2) is 31.1 Å². The first-order valence-corrected chi connectivity index (χ1v) is 6.33. The van der Waals surface area contributed by atoms with Gasteiger partial charge >= 0.3 is 0 Å². The molecule has 0 aliphatic heterocycles. The van der Waals surface area contributed by atoms with E-state index in [1.807, 2.05) is 0 Å². The Hall–Kier alpha value is -0.860. The second kappa shape index (κ2) is 8.31. The van der Waals surface area contributed by atoms with E-state index in [4.69, 9.17) is 5.73 Å². The summed E-state index contributed by atoms with van der Waals surface area (Å²) in [5.74, 6) is 0. The van der Waals surface area contributed by atoms with Crippen molar-refractivity contribution in [2.75, 3.05) is 26.2 Å². The molecule has 0 aliphatic carbocycles. The monoisotopic (exact) mass is 220 g/mol. The third-order valence-electron chi connectivity index (χ3n) is 2.83. The van der Waals surface area contributed by atoms with E-state index >= 15 is 0 Å². The molecule has 1 rings (SSSR count). The Balaban J connectivity index is 2.31. The zero-order valence-electron chi connectivity index (χ0n) is 10.4. The minimum atomic E-state index is 0.762. The van der Waals surface area contributed by atoms with Gasteiger partial charge in [-0.2, -0.15) is 0 Å². The summed E-state index contributed by atoms with van der Waals surface area (Å²) in [5.41, 5.74) is 7.05. The van der Waals surface area contributed by atoms with Crippen molar-refractivity contribution >= 4 is 0 Å². The van der Waals surface area contributed by atoms with E-state index < -0.39 is 0 Å². The number of hydrogen-bond donors (Lipinski definition) is 1. The van der Waals surface area contributed by atoms with E-state index in [0.717, 1.165) is 26.1 Å². The van der Waals surface area contributed by atoms with Crippen molar-refractivity contribution in [2.45, 2.75) is 26.2 Å². The molecule has 0 radical (unpaired) electrons. The van der Waals surface area contributed by atoms with E-state index in [1.54, 1.807) is 0 Å². The highest BCUT2D eigenvalue weighted by molar-refractivity contribution is 5.14. The maximum Gasteiger partial charge on any atom is 0.0105 e. The molecule has 0 heterocycles. The molecule has 0 aromatic heterocycles. The maximum absolute atomic E-state index is 5.63. The Morgan fingerprint density at radius 1 is 1.06 bits per heavy atom. The number of rotatable bonds is 8. The fourth-order valence-corrected chi connectivity index (χ4v) is 1.83. The van der Waals surface area contributed by atoms with Crippen molar-refractivity contribution in [3.05, 3.63) is 35.9 Å². The van der Waals surface area contributed by atoms with Crippen molar-refractivity contribution in [3.63, 3.8) is 0 Å². The van der Waals surface area contributed by atoms with Gasteiger partial charge in [-0.25, -0.2) is 0 Å². The molecule has 2 nitrogen and oxygen atoms in total. The topological polar surface area (TPSA) is 29.3 Å². The molecule has 0 unspecified atom stereocenters. The summed E-state index contributed by atoms with van der Waals surface area (Å²) in [5, 5.41) is 0. The van der Waals surface area contributed by atoms with Gasteiger partial charge < -0.3 is 10.6 Å². The molecule has 0 saturated heterocycles. The predicted octanol–water partition coefficient (Wildman–Crippen LogP) is 2.29. The summed E-state index contributed by atoms with van der Waals surface area (Å²) in [6.45, 7) is 6.32. The zero-order chi connectivity index (χ0) is 11.6. The van der Waals surface area contributed by atoms with Crippen LogP contribution in [-0.2, 0) is 6.42 Å². The van der Waals surface area contributed by atoms with Crippen molar-refractivity contribution in [3.8, 4) is 0 Å². The van der Waals surface area contributed by atoms with Gasteiger partial charge in [0.25, 0.3) is 0 Å². The summed E-state index contributed by atoms with van der Waals surface area (Å²) >= 11 is 0. The van der Waals surface area contributed by atoms with Crippen LogP contribution in [0.1, 0.15) is 25.3 Å². The van der Waals surface area contributed by atoms with Crippen LogP contribution in [0.4, 0.5) is 0 Å². The lowest BCUT2D eigenvalue weighted by Crippen LogP contribution is -2.32. The van der Waals surface area contributed by atoms with E-state index in [9.17, 15) is 0 Å². The van der Waals surface area contributed by atoms with Crippen molar-refractivity contribution in [2.24, 2.45) is 5.73 Å². The van der Waals surface area contributed by atoms with Gasteiger partial charge in [0.2, 0.25) is 0 Å². The van der Waals surface area contributed by atoms with E-state index in [-0.39, 0.29) is 0 Å². The number of nitrogens with two attached hydrogens (primary N) is 1. The lowest BCUT2D eigenvalue weighted by atomic mass is 10.1. The molecule has 0 aliphatic rings. The maximum atomic E-state index is 5.63. The molecule has 2 heteroatoms. The van der Waals surface area contributed by atoms with Crippen LogP contribution in [0.2, 0.25) is 0 Å². The fraction of sp³-hybridized carbons (Fsp3) is 0.571. The predicted molar refractivity (Wildman–Crippen MR) is 70.5 cm³/mol. The number of hydrogen-bond acceptors (Lipinski definition) is 2. The summed E-state index contributed by atoms with van der Waals surface area (Å²) in [4.78, 5) is 2.47. The van der Waals surface area contributed by atoms with Crippen molar-refractivity contribution in [1.82, 2.24) is 4.90 Å². The average molecular weight is 220 g/mol. The minimum absolute atomic E-state index is 0.762. The first kappa shape index (κ1) is 13.2. The highest BCUT2D eigenvalue weighted by atomic mass is 15.1. The summed E-state index contributed by atoms with van der Waals surface area (Å²) in [6, 6.07) is 10.7. The molecule has 0 spiro atoms. The molecule has 1 aromatic rings. The minimum Gasteiger partial charge on any atom is -0.329 e. The Labute approximate surface area is 99.5 Å². The lowest BCUT2D eigenvalue weighted by molar-refractivity contribution is 0.280. The molecule has 1 aromatic carbocycles. The number of unbranched alkanes of at least 4 members (excludes halogenated alkanes) is 1. The quantitative estimate of drug-likeness (QED) is 0.728.